The van der Waals surface area contributed by atoms with Crippen LogP contribution in [0.15, 0.2) is 44.5 Å². The lowest BCUT2D eigenvalue weighted by molar-refractivity contribution is 0.414. The highest BCUT2D eigenvalue weighted by atomic mass is 79.9. The van der Waals surface area contributed by atoms with E-state index in [0.717, 1.165) is 11.3 Å². The van der Waals surface area contributed by atoms with Gasteiger partial charge in [0.25, 0.3) is 5.56 Å². The number of benzene rings is 1. The van der Waals surface area contributed by atoms with Gasteiger partial charge >= 0.3 is 5.69 Å². The van der Waals surface area contributed by atoms with Gasteiger partial charge in [-0.2, -0.15) is 0 Å². The highest BCUT2D eigenvalue weighted by molar-refractivity contribution is 9.10. The Bertz CT molecular complexity index is 658. The summed E-state index contributed by atoms with van der Waals surface area (Å²) in [6, 6.07) is 7.37. The molecule has 2 aromatic rings. The van der Waals surface area contributed by atoms with Crippen molar-refractivity contribution in [1.29, 1.82) is 0 Å². The Morgan fingerprint density at radius 2 is 1.94 bits per heavy atom. The number of halogens is 1. The Hall–Kier alpha value is -1.82. The van der Waals surface area contributed by atoms with Crippen molar-refractivity contribution in [3.63, 3.8) is 0 Å². The topological polar surface area (TPSA) is 64.1 Å². The fraction of sp³-hybridized carbons (Fsp3) is 0.167. The van der Waals surface area contributed by atoms with Crippen molar-refractivity contribution in [2.45, 2.75) is 6.54 Å². The zero-order valence-corrected chi connectivity index (χ0v) is 11.2. The van der Waals surface area contributed by atoms with E-state index >= 15 is 0 Å². The lowest BCUT2D eigenvalue weighted by atomic mass is 10.2. The molecule has 0 atom stereocenters. The Kier molecular flexibility index (Phi) is 3.66. The third-order valence-electron chi connectivity index (χ3n) is 2.48. The van der Waals surface area contributed by atoms with Gasteiger partial charge in [0.1, 0.15) is 5.75 Å². The zero-order chi connectivity index (χ0) is 13.1. The van der Waals surface area contributed by atoms with Gasteiger partial charge in [0, 0.05) is 6.20 Å². The molecule has 1 heterocycles. The van der Waals surface area contributed by atoms with Gasteiger partial charge in [-0.1, -0.05) is 12.1 Å². The fourth-order valence-corrected chi connectivity index (χ4v) is 1.87. The molecule has 0 amide bonds. The van der Waals surface area contributed by atoms with Gasteiger partial charge in [-0.3, -0.25) is 14.3 Å². The SMILES string of the molecule is COc1ccc(Cn2cc(Br)c(=O)[nH]c2=O)cc1. The second-order valence-corrected chi connectivity index (χ2v) is 4.57. The van der Waals surface area contributed by atoms with Crippen LogP contribution in [0.25, 0.3) is 0 Å². The molecule has 0 bridgehead atoms. The first kappa shape index (κ1) is 12.6. The van der Waals surface area contributed by atoms with Crippen molar-refractivity contribution >= 4 is 15.9 Å². The van der Waals surface area contributed by atoms with Crippen LogP contribution in [0, 0.1) is 0 Å². The van der Waals surface area contributed by atoms with E-state index in [0.29, 0.717) is 11.0 Å². The average molecular weight is 311 g/mol. The van der Waals surface area contributed by atoms with E-state index in [1.807, 2.05) is 24.3 Å². The summed E-state index contributed by atoms with van der Waals surface area (Å²) >= 11 is 3.09. The number of hydrogen-bond acceptors (Lipinski definition) is 3. The van der Waals surface area contributed by atoms with E-state index in [4.69, 9.17) is 4.74 Å². The zero-order valence-electron chi connectivity index (χ0n) is 9.64. The quantitative estimate of drug-likeness (QED) is 0.931. The molecular formula is C12H11BrN2O3. The molecule has 2 rings (SSSR count). The molecule has 1 aromatic heterocycles. The van der Waals surface area contributed by atoms with Crippen molar-refractivity contribution in [2.24, 2.45) is 0 Å². The van der Waals surface area contributed by atoms with Crippen LogP contribution >= 0.6 is 15.9 Å². The Morgan fingerprint density at radius 1 is 1.28 bits per heavy atom. The van der Waals surface area contributed by atoms with E-state index in [9.17, 15) is 9.59 Å². The van der Waals surface area contributed by atoms with Crippen molar-refractivity contribution in [3.8, 4) is 5.75 Å². The number of hydrogen-bond donors (Lipinski definition) is 1. The van der Waals surface area contributed by atoms with Gasteiger partial charge < -0.3 is 4.74 Å². The molecule has 1 aromatic carbocycles. The molecule has 5 nitrogen and oxygen atoms in total. The molecule has 0 saturated heterocycles. The maximum absolute atomic E-state index is 11.6. The number of H-pyrrole nitrogens is 1. The number of rotatable bonds is 3. The van der Waals surface area contributed by atoms with Crippen LogP contribution in [-0.2, 0) is 6.54 Å². The van der Waals surface area contributed by atoms with Crippen LogP contribution in [-0.4, -0.2) is 16.7 Å². The normalized spacial score (nSPS) is 10.3. The number of methoxy groups -OCH3 is 1. The first-order valence-corrected chi connectivity index (χ1v) is 6.01. The lowest BCUT2D eigenvalue weighted by Crippen LogP contribution is -2.30. The third kappa shape index (κ3) is 2.70. The second-order valence-electron chi connectivity index (χ2n) is 3.71. The summed E-state index contributed by atoms with van der Waals surface area (Å²) in [5.74, 6) is 0.758. The molecule has 0 radical (unpaired) electrons. The number of ether oxygens (including phenoxy) is 1. The Balaban J connectivity index is 2.31. The molecule has 0 spiro atoms. The molecule has 0 aliphatic rings. The predicted molar refractivity (Wildman–Crippen MR) is 71.1 cm³/mol. The van der Waals surface area contributed by atoms with Crippen LogP contribution in [0.2, 0.25) is 0 Å². The predicted octanol–water partition coefficient (Wildman–Crippen LogP) is 1.36. The van der Waals surface area contributed by atoms with Crippen LogP contribution < -0.4 is 16.0 Å². The summed E-state index contributed by atoms with van der Waals surface area (Å²) in [5.41, 5.74) is 0.0850. The smallest absolute Gasteiger partial charge is 0.328 e. The minimum absolute atomic E-state index is 0.329. The number of aromatic amines is 1. The van der Waals surface area contributed by atoms with Crippen molar-refractivity contribution in [1.82, 2.24) is 9.55 Å². The van der Waals surface area contributed by atoms with Crippen LogP contribution in [0.3, 0.4) is 0 Å². The molecule has 94 valence electrons. The average Bonchev–Trinajstić information content (AvgIpc) is 2.37. The van der Waals surface area contributed by atoms with E-state index in [1.165, 1.54) is 10.8 Å². The van der Waals surface area contributed by atoms with Crippen molar-refractivity contribution in [2.75, 3.05) is 7.11 Å². The maximum atomic E-state index is 11.6. The van der Waals surface area contributed by atoms with Gasteiger partial charge in [-0.25, -0.2) is 4.79 Å². The van der Waals surface area contributed by atoms with Gasteiger partial charge in [-0.15, -0.1) is 0 Å². The van der Waals surface area contributed by atoms with E-state index in [1.54, 1.807) is 7.11 Å². The minimum Gasteiger partial charge on any atom is -0.497 e. The molecule has 0 aliphatic heterocycles. The molecule has 18 heavy (non-hydrogen) atoms. The van der Waals surface area contributed by atoms with E-state index in [2.05, 4.69) is 20.9 Å². The third-order valence-corrected chi connectivity index (χ3v) is 3.04. The van der Waals surface area contributed by atoms with Crippen molar-refractivity contribution in [3.05, 3.63) is 61.3 Å². The molecular weight excluding hydrogens is 300 g/mol. The molecule has 0 fully saturated rings. The van der Waals surface area contributed by atoms with Crippen LogP contribution in [0.4, 0.5) is 0 Å². The Labute approximate surface area is 111 Å². The highest BCUT2D eigenvalue weighted by Gasteiger charge is 2.03. The highest BCUT2D eigenvalue weighted by Crippen LogP contribution is 2.12. The van der Waals surface area contributed by atoms with Gasteiger partial charge in [0.05, 0.1) is 18.1 Å². The summed E-state index contributed by atoms with van der Waals surface area (Å²) in [6.45, 7) is 0.387. The Morgan fingerprint density at radius 3 is 2.56 bits per heavy atom. The van der Waals surface area contributed by atoms with Gasteiger partial charge in [0.15, 0.2) is 0 Å². The van der Waals surface area contributed by atoms with Gasteiger partial charge in [0.2, 0.25) is 0 Å². The number of aromatic nitrogens is 2. The summed E-state index contributed by atoms with van der Waals surface area (Å²) in [6.07, 6.45) is 1.48. The van der Waals surface area contributed by atoms with E-state index in [-0.39, 0.29) is 0 Å². The first-order valence-electron chi connectivity index (χ1n) is 5.22. The summed E-state index contributed by atoms with van der Waals surface area (Å²) in [4.78, 5) is 25.0. The maximum Gasteiger partial charge on any atom is 0.328 e. The van der Waals surface area contributed by atoms with Crippen molar-refractivity contribution < 1.29 is 4.74 Å². The number of nitrogens with one attached hydrogen (secondary N) is 1. The fourth-order valence-electron chi connectivity index (χ4n) is 1.53. The molecule has 0 unspecified atom stereocenters. The molecule has 0 aliphatic carbocycles. The summed E-state index contributed by atoms with van der Waals surface area (Å²) < 4.78 is 6.81. The van der Waals surface area contributed by atoms with Crippen LogP contribution in [0.1, 0.15) is 5.56 Å². The monoisotopic (exact) mass is 310 g/mol. The molecule has 6 heteroatoms. The number of nitrogens with zero attached hydrogens (tertiary/aromatic N) is 1. The summed E-state index contributed by atoms with van der Waals surface area (Å²) in [5, 5.41) is 0. The first-order chi connectivity index (χ1) is 8.60. The minimum atomic E-state index is -0.431. The molecule has 0 saturated carbocycles. The largest absolute Gasteiger partial charge is 0.497 e. The second kappa shape index (κ2) is 5.22. The van der Waals surface area contributed by atoms with Crippen LogP contribution in [0.5, 0.6) is 5.75 Å². The van der Waals surface area contributed by atoms with E-state index < -0.39 is 11.2 Å². The standard InChI is InChI=1S/C12H11BrN2O3/c1-18-9-4-2-8(3-5-9)6-15-7-10(13)11(16)14-12(15)17/h2-5,7H,6H2,1H3,(H,14,16,17). The lowest BCUT2D eigenvalue weighted by Gasteiger charge is -2.06. The van der Waals surface area contributed by atoms with Gasteiger partial charge in [-0.05, 0) is 33.6 Å². The summed E-state index contributed by atoms with van der Waals surface area (Å²) in [7, 11) is 1.60. The molecule has 1 N–H and O–H groups in total.